The first-order valence-corrected chi connectivity index (χ1v) is 5.89. The van der Waals surface area contributed by atoms with Gasteiger partial charge in [0.1, 0.15) is 23.0 Å². The van der Waals surface area contributed by atoms with E-state index in [1.54, 1.807) is 32.4 Å². The van der Waals surface area contributed by atoms with Gasteiger partial charge in [-0.25, -0.2) is 0 Å². The van der Waals surface area contributed by atoms with Gasteiger partial charge < -0.3 is 19.9 Å². The highest BCUT2D eigenvalue weighted by molar-refractivity contribution is 5.51. The molecule has 2 aromatic carbocycles. The molecule has 4 nitrogen and oxygen atoms in total. The fraction of sp³-hybridized carbons (Fsp3) is 0.200. The van der Waals surface area contributed by atoms with Crippen LogP contribution in [0.5, 0.6) is 23.0 Å². The Hall–Kier alpha value is -2.36. The van der Waals surface area contributed by atoms with Crippen LogP contribution in [0, 0.1) is 6.92 Å². The Morgan fingerprint density at radius 1 is 0.789 bits per heavy atom. The van der Waals surface area contributed by atoms with Crippen molar-refractivity contribution in [2.75, 3.05) is 20.0 Å². The van der Waals surface area contributed by atoms with E-state index >= 15 is 0 Å². The Balaban J connectivity index is 2.29. The van der Waals surface area contributed by atoms with Gasteiger partial charge in [0.25, 0.3) is 0 Å². The number of hydrogen-bond donors (Lipinski definition) is 1. The molecular weight excluding hydrogens is 242 g/mol. The quantitative estimate of drug-likeness (QED) is 0.855. The van der Waals surface area contributed by atoms with E-state index in [9.17, 15) is 0 Å². The summed E-state index contributed by atoms with van der Waals surface area (Å²) >= 11 is 0. The van der Waals surface area contributed by atoms with Crippen LogP contribution >= 0.6 is 0 Å². The molecule has 0 aromatic heterocycles. The molecule has 0 fully saturated rings. The minimum atomic E-state index is 0.653. The molecule has 0 radical (unpaired) electrons. The summed E-state index contributed by atoms with van der Waals surface area (Å²) < 4.78 is 16.2. The Kier molecular flexibility index (Phi) is 3.80. The molecule has 100 valence electrons. The predicted octanol–water partition coefficient (Wildman–Crippen LogP) is 3.39. The maximum absolute atomic E-state index is 5.78. The summed E-state index contributed by atoms with van der Waals surface area (Å²) in [5.41, 5.74) is 7.50. The molecule has 0 aliphatic carbocycles. The first-order chi connectivity index (χ1) is 9.12. The molecule has 2 aromatic rings. The summed E-state index contributed by atoms with van der Waals surface area (Å²) in [6.45, 7) is 1.94. The topological polar surface area (TPSA) is 53.7 Å². The second-order valence-electron chi connectivity index (χ2n) is 4.17. The van der Waals surface area contributed by atoms with Crippen molar-refractivity contribution in [3.8, 4) is 23.0 Å². The molecule has 0 heterocycles. The predicted molar refractivity (Wildman–Crippen MR) is 75.2 cm³/mol. The lowest BCUT2D eigenvalue weighted by atomic mass is 10.2. The molecule has 0 aliphatic heterocycles. The number of hydrogen-bond acceptors (Lipinski definition) is 4. The van der Waals surface area contributed by atoms with Crippen LogP contribution in [0.2, 0.25) is 0 Å². The summed E-state index contributed by atoms with van der Waals surface area (Å²) in [6, 6.07) is 10.9. The Bertz CT molecular complexity index is 559. The summed E-state index contributed by atoms with van der Waals surface area (Å²) in [7, 11) is 3.21. The van der Waals surface area contributed by atoms with E-state index < -0.39 is 0 Å². The normalized spacial score (nSPS) is 10.1. The van der Waals surface area contributed by atoms with E-state index in [4.69, 9.17) is 19.9 Å². The molecular formula is C15H17NO3. The molecule has 0 bridgehead atoms. The zero-order valence-corrected chi connectivity index (χ0v) is 11.3. The monoisotopic (exact) mass is 259 g/mol. The molecule has 0 aliphatic rings. The van der Waals surface area contributed by atoms with E-state index in [-0.39, 0.29) is 0 Å². The summed E-state index contributed by atoms with van der Waals surface area (Å²) in [6.07, 6.45) is 0. The van der Waals surface area contributed by atoms with Crippen LogP contribution in [0.4, 0.5) is 5.69 Å². The molecule has 4 heteroatoms. The molecule has 0 saturated heterocycles. The van der Waals surface area contributed by atoms with Crippen LogP contribution in [0.25, 0.3) is 0 Å². The highest BCUT2D eigenvalue weighted by Gasteiger charge is 2.05. The second kappa shape index (κ2) is 5.52. The van der Waals surface area contributed by atoms with Crippen LogP contribution in [-0.4, -0.2) is 14.2 Å². The third kappa shape index (κ3) is 3.10. The van der Waals surface area contributed by atoms with Crippen molar-refractivity contribution in [1.29, 1.82) is 0 Å². The van der Waals surface area contributed by atoms with Gasteiger partial charge in [0.2, 0.25) is 0 Å². The summed E-state index contributed by atoms with van der Waals surface area (Å²) in [5.74, 6) is 2.74. The average Bonchev–Trinajstić information content (AvgIpc) is 2.42. The van der Waals surface area contributed by atoms with Gasteiger partial charge in [-0.15, -0.1) is 0 Å². The number of benzene rings is 2. The molecule has 19 heavy (non-hydrogen) atoms. The lowest BCUT2D eigenvalue weighted by Crippen LogP contribution is -1.92. The minimum absolute atomic E-state index is 0.653. The third-order valence-corrected chi connectivity index (χ3v) is 2.80. The van der Waals surface area contributed by atoms with Crippen molar-refractivity contribution in [2.45, 2.75) is 6.92 Å². The van der Waals surface area contributed by atoms with Crippen LogP contribution in [0.3, 0.4) is 0 Å². The van der Waals surface area contributed by atoms with Gasteiger partial charge in [0.15, 0.2) is 0 Å². The minimum Gasteiger partial charge on any atom is -0.496 e. The number of anilines is 1. The standard InChI is InChI=1S/C15H17NO3/c1-10-6-11(4-5-15(10)16)19-14-8-12(17-2)7-13(9-14)18-3/h4-9H,16H2,1-3H3. The largest absolute Gasteiger partial charge is 0.496 e. The van der Waals surface area contributed by atoms with Gasteiger partial charge >= 0.3 is 0 Å². The van der Waals surface area contributed by atoms with Crippen LogP contribution in [0.15, 0.2) is 36.4 Å². The van der Waals surface area contributed by atoms with E-state index in [1.165, 1.54) is 0 Å². The lowest BCUT2D eigenvalue weighted by molar-refractivity contribution is 0.386. The second-order valence-corrected chi connectivity index (χ2v) is 4.17. The Labute approximate surface area is 112 Å². The Morgan fingerprint density at radius 3 is 1.89 bits per heavy atom. The average molecular weight is 259 g/mol. The number of methoxy groups -OCH3 is 2. The zero-order chi connectivity index (χ0) is 13.8. The van der Waals surface area contributed by atoms with Crippen molar-refractivity contribution >= 4 is 5.69 Å². The molecule has 0 unspecified atom stereocenters. The maximum atomic E-state index is 5.78. The number of aryl methyl sites for hydroxylation is 1. The molecule has 0 atom stereocenters. The van der Waals surface area contributed by atoms with E-state index in [0.717, 1.165) is 17.0 Å². The van der Waals surface area contributed by atoms with Crippen molar-refractivity contribution in [3.05, 3.63) is 42.0 Å². The SMILES string of the molecule is COc1cc(OC)cc(Oc2ccc(N)c(C)c2)c1. The highest BCUT2D eigenvalue weighted by Crippen LogP contribution is 2.31. The van der Waals surface area contributed by atoms with E-state index in [0.29, 0.717) is 17.2 Å². The van der Waals surface area contributed by atoms with Crippen molar-refractivity contribution in [3.63, 3.8) is 0 Å². The van der Waals surface area contributed by atoms with Crippen molar-refractivity contribution in [2.24, 2.45) is 0 Å². The van der Waals surface area contributed by atoms with Crippen molar-refractivity contribution in [1.82, 2.24) is 0 Å². The first-order valence-electron chi connectivity index (χ1n) is 5.89. The van der Waals surface area contributed by atoms with E-state index in [2.05, 4.69) is 0 Å². The summed E-state index contributed by atoms with van der Waals surface area (Å²) in [4.78, 5) is 0. The molecule has 0 spiro atoms. The van der Waals surface area contributed by atoms with Gasteiger partial charge in [-0.3, -0.25) is 0 Å². The summed E-state index contributed by atoms with van der Waals surface area (Å²) in [5, 5.41) is 0. The van der Waals surface area contributed by atoms with Crippen molar-refractivity contribution < 1.29 is 14.2 Å². The number of rotatable bonds is 4. The van der Waals surface area contributed by atoms with Crippen LogP contribution in [0.1, 0.15) is 5.56 Å². The molecule has 2 N–H and O–H groups in total. The number of nitrogen functional groups attached to an aromatic ring is 1. The number of nitrogens with two attached hydrogens (primary N) is 1. The van der Waals surface area contributed by atoms with Crippen LogP contribution < -0.4 is 19.9 Å². The van der Waals surface area contributed by atoms with E-state index in [1.807, 2.05) is 25.1 Å². The van der Waals surface area contributed by atoms with Gasteiger partial charge in [-0.1, -0.05) is 0 Å². The van der Waals surface area contributed by atoms with Gasteiger partial charge in [0.05, 0.1) is 14.2 Å². The Morgan fingerprint density at radius 2 is 1.37 bits per heavy atom. The van der Waals surface area contributed by atoms with Gasteiger partial charge in [-0.05, 0) is 30.7 Å². The lowest BCUT2D eigenvalue weighted by Gasteiger charge is -2.11. The first kappa shape index (κ1) is 13.1. The van der Waals surface area contributed by atoms with Crippen LogP contribution in [-0.2, 0) is 0 Å². The van der Waals surface area contributed by atoms with Gasteiger partial charge in [-0.2, -0.15) is 0 Å². The van der Waals surface area contributed by atoms with Gasteiger partial charge in [0, 0.05) is 23.9 Å². The highest BCUT2D eigenvalue weighted by atomic mass is 16.5. The number of ether oxygens (including phenoxy) is 3. The fourth-order valence-corrected chi connectivity index (χ4v) is 1.69. The zero-order valence-electron chi connectivity index (χ0n) is 11.3. The maximum Gasteiger partial charge on any atom is 0.134 e. The smallest absolute Gasteiger partial charge is 0.134 e. The molecule has 0 amide bonds. The fourth-order valence-electron chi connectivity index (χ4n) is 1.69. The molecule has 2 rings (SSSR count). The third-order valence-electron chi connectivity index (χ3n) is 2.80. The molecule has 0 saturated carbocycles.